The number of methoxy groups -OCH3 is 1. The normalized spacial score (nSPS) is 11.7. The lowest BCUT2D eigenvalue weighted by Crippen LogP contribution is -1.99. The first kappa shape index (κ1) is 18.5. The molecule has 0 amide bonds. The molecule has 2 rings (SSSR count). The zero-order valence-corrected chi connectivity index (χ0v) is 16.1. The molecule has 0 aliphatic rings. The maximum Gasteiger partial charge on any atom is 0.218 e. The molecule has 0 radical (unpaired) electrons. The topological polar surface area (TPSA) is 65.3 Å². The monoisotopic (exact) mass is 453 g/mol. The highest BCUT2D eigenvalue weighted by Crippen LogP contribution is 2.41. The third-order valence-electron chi connectivity index (χ3n) is 2.73. The predicted molar refractivity (Wildman–Crippen MR) is 94.2 cm³/mol. The van der Waals surface area contributed by atoms with Gasteiger partial charge in [0.1, 0.15) is 16.5 Å². The standard InChI is InChI=1S/C14H7BrCl3NO3S/c1-21-12-2-7(6-19)11(5-13(12)23(18)20)22-14-9(16)3-8(15)4-10(14)17/h2-5H,1H3. The molecular weight excluding hydrogens is 448 g/mol. The minimum absolute atomic E-state index is 0.114. The summed E-state index contributed by atoms with van der Waals surface area (Å²) < 4.78 is 23.0. The Labute approximate surface area is 158 Å². The zero-order chi connectivity index (χ0) is 17.1. The average molecular weight is 456 g/mol. The van der Waals surface area contributed by atoms with Crippen LogP contribution in [0.2, 0.25) is 10.0 Å². The molecule has 0 saturated heterocycles. The van der Waals surface area contributed by atoms with E-state index >= 15 is 0 Å². The van der Waals surface area contributed by atoms with E-state index in [1.165, 1.54) is 19.2 Å². The predicted octanol–water partition coefficient (Wildman–Crippen LogP) is 5.69. The van der Waals surface area contributed by atoms with Crippen LogP contribution in [0.25, 0.3) is 0 Å². The van der Waals surface area contributed by atoms with Crippen LogP contribution in [0, 0.1) is 11.3 Å². The lowest BCUT2D eigenvalue weighted by Gasteiger charge is -2.13. The highest BCUT2D eigenvalue weighted by molar-refractivity contribution is 9.10. The Morgan fingerprint density at radius 1 is 1.17 bits per heavy atom. The summed E-state index contributed by atoms with van der Waals surface area (Å²) in [5.74, 6) is 0.503. The quantitative estimate of drug-likeness (QED) is 0.556. The van der Waals surface area contributed by atoms with Crippen molar-refractivity contribution < 1.29 is 14.0 Å². The van der Waals surface area contributed by atoms with E-state index in [0.717, 1.165) is 0 Å². The Balaban J connectivity index is 2.56. The van der Waals surface area contributed by atoms with Gasteiger partial charge in [-0.15, -0.1) is 0 Å². The SMILES string of the molecule is COc1cc(C#N)c(Oc2c(Cl)cc(Br)cc2Cl)cc1[S+]([O-])Cl. The Kier molecular flexibility index (Phi) is 6.32. The van der Waals surface area contributed by atoms with E-state index in [4.69, 9.17) is 43.4 Å². The lowest BCUT2D eigenvalue weighted by atomic mass is 10.2. The molecule has 0 fully saturated rings. The third-order valence-corrected chi connectivity index (χ3v) is 4.92. The Morgan fingerprint density at radius 3 is 2.26 bits per heavy atom. The molecule has 0 bridgehead atoms. The van der Waals surface area contributed by atoms with Crippen molar-refractivity contribution >= 4 is 60.2 Å². The molecule has 0 saturated carbocycles. The molecule has 120 valence electrons. The van der Waals surface area contributed by atoms with Crippen molar-refractivity contribution in [2.75, 3.05) is 7.11 Å². The van der Waals surface area contributed by atoms with Gasteiger partial charge < -0.3 is 14.0 Å². The molecule has 0 N–H and O–H groups in total. The minimum Gasteiger partial charge on any atom is -0.594 e. The molecular formula is C14H7BrCl3NO3S. The van der Waals surface area contributed by atoms with Crippen molar-refractivity contribution in [3.05, 3.63) is 44.3 Å². The highest BCUT2D eigenvalue weighted by atomic mass is 79.9. The van der Waals surface area contributed by atoms with E-state index in [1.807, 2.05) is 6.07 Å². The van der Waals surface area contributed by atoms with Crippen LogP contribution in [0.5, 0.6) is 17.2 Å². The maximum atomic E-state index is 11.6. The highest BCUT2D eigenvalue weighted by Gasteiger charge is 2.22. The van der Waals surface area contributed by atoms with E-state index in [1.54, 1.807) is 12.1 Å². The van der Waals surface area contributed by atoms with Crippen LogP contribution < -0.4 is 9.47 Å². The van der Waals surface area contributed by atoms with Gasteiger partial charge in [0.15, 0.2) is 27.9 Å². The van der Waals surface area contributed by atoms with Crippen LogP contribution in [-0.2, 0) is 10.4 Å². The van der Waals surface area contributed by atoms with Gasteiger partial charge >= 0.3 is 0 Å². The summed E-state index contributed by atoms with van der Waals surface area (Å²) in [5.41, 5.74) is 0.155. The summed E-state index contributed by atoms with van der Waals surface area (Å²) in [4.78, 5) is 0.174. The fraction of sp³-hybridized carbons (Fsp3) is 0.0714. The number of hydrogen-bond donors (Lipinski definition) is 0. The van der Waals surface area contributed by atoms with Crippen LogP contribution in [0.4, 0.5) is 0 Å². The molecule has 2 aromatic rings. The number of nitrogens with zero attached hydrogens (tertiary/aromatic N) is 1. The molecule has 4 nitrogen and oxygen atoms in total. The second-order valence-corrected chi connectivity index (χ2v) is 7.59. The smallest absolute Gasteiger partial charge is 0.218 e. The molecule has 0 aromatic heterocycles. The van der Waals surface area contributed by atoms with E-state index in [9.17, 15) is 9.81 Å². The fourth-order valence-corrected chi connectivity index (χ4v) is 3.88. The van der Waals surface area contributed by atoms with Crippen molar-refractivity contribution in [1.82, 2.24) is 0 Å². The summed E-state index contributed by atoms with van der Waals surface area (Å²) in [5, 5.41) is 9.76. The Morgan fingerprint density at radius 2 is 1.78 bits per heavy atom. The third kappa shape index (κ3) is 4.18. The van der Waals surface area contributed by atoms with Gasteiger partial charge in [-0.3, -0.25) is 0 Å². The first-order chi connectivity index (χ1) is 10.9. The van der Waals surface area contributed by atoms with E-state index in [0.29, 0.717) is 4.47 Å². The number of nitriles is 1. The zero-order valence-electron chi connectivity index (χ0n) is 11.4. The lowest BCUT2D eigenvalue weighted by molar-refractivity contribution is 0.400. The van der Waals surface area contributed by atoms with Gasteiger partial charge in [-0.1, -0.05) is 39.1 Å². The van der Waals surface area contributed by atoms with Crippen molar-refractivity contribution in [3.8, 4) is 23.3 Å². The van der Waals surface area contributed by atoms with Gasteiger partial charge in [0.05, 0.1) is 22.7 Å². The molecule has 0 aliphatic carbocycles. The van der Waals surface area contributed by atoms with Crippen molar-refractivity contribution in [1.29, 1.82) is 5.26 Å². The molecule has 2 aromatic carbocycles. The van der Waals surface area contributed by atoms with Gasteiger partial charge in [0.25, 0.3) is 0 Å². The van der Waals surface area contributed by atoms with Crippen LogP contribution in [0.15, 0.2) is 33.6 Å². The second-order valence-electron chi connectivity index (χ2n) is 4.14. The summed E-state index contributed by atoms with van der Waals surface area (Å²) in [6.45, 7) is 0. The van der Waals surface area contributed by atoms with Gasteiger partial charge in [-0.25, -0.2) is 0 Å². The summed E-state index contributed by atoms with van der Waals surface area (Å²) in [7, 11) is 5.17. The average Bonchev–Trinajstić information content (AvgIpc) is 2.49. The van der Waals surface area contributed by atoms with Gasteiger partial charge in [0.2, 0.25) is 4.90 Å². The first-order valence-corrected chi connectivity index (χ1v) is 9.42. The minimum atomic E-state index is -1.85. The Hall–Kier alpha value is -0.810. The van der Waals surface area contributed by atoms with Crippen molar-refractivity contribution in [2.24, 2.45) is 0 Å². The molecule has 9 heteroatoms. The second kappa shape index (κ2) is 7.84. The molecule has 0 aliphatic heterocycles. The van der Waals surface area contributed by atoms with Crippen LogP contribution >= 0.6 is 49.8 Å². The number of rotatable bonds is 4. The maximum absolute atomic E-state index is 11.6. The first-order valence-electron chi connectivity index (χ1n) is 5.90. The molecule has 0 heterocycles. The van der Waals surface area contributed by atoms with Crippen molar-refractivity contribution in [2.45, 2.75) is 4.90 Å². The van der Waals surface area contributed by atoms with Crippen LogP contribution in [0.1, 0.15) is 5.56 Å². The van der Waals surface area contributed by atoms with E-state index in [2.05, 4.69) is 15.9 Å². The number of ether oxygens (including phenoxy) is 2. The summed E-state index contributed by atoms with van der Waals surface area (Å²) >= 11 is 15.5. The van der Waals surface area contributed by atoms with Crippen molar-refractivity contribution in [3.63, 3.8) is 0 Å². The summed E-state index contributed by atoms with van der Waals surface area (Å²) in [6.07, 6.45) is 0. The van der Waals surface area contributed by atoms with Crippen LogP contribution in [-0.4, -0.2) is 11.7 Å². The van der Waals surface area contributed by atoms with Gasteiger partial charge in [0, 0.05) is 16.6 Å². The number of hydrogen-bond acceptors (Lipinski definition) is 4. The molecule has 1 unspecified atom stereocenters. The fourth-order valence-electron chi connectivity index (χ4n) is 1.73. The van der Waals surface area contributed by atoms with E-state index < -0.39 is 10.4 Å². The number of halogens is 4. The van der Waals surface area contributed by atoms with E-state index in [-0.39, 0.29) is 37.8 Å². The summed E-state index contributed by atoms with van der Waals surface area (Å²) in [6, 6.07) is 7.89. The van der Waals surface area contributed by atoms with Gasteiger partial charge in [-0.05, 0) is 12.1 Å². The Bertz CT molecular complexity index is 773. The van der Waals surface area contributed by atoms with Gasteiger partial charge in [-0.2, -0.15) is 5.26 Å². The molecule has 0 spiro atoms. The largest absolute Gasteiger partial charge is 0.594 e. The molecule has 23 heavy (non-hydrogen) atoms. The number of benzene rings is 2. The van der Waals surface area contributed by atoms with Crippen LogP contribution in [0.3, 0.4) is 0 Å². The molecule has 1 atom stereocenters.